The van der Waals surface area contributed by atoms with E-state index in [0.29, 0.717) is 24.5 Å². The highest BCUT2D eigenvalue weighted by molar-refractivity contribution is 5.82. The van der Waals surface area contributed by atoms with Gasteiger partial charge in [0.2, 0.25) is 0 Å². The van der Waals surface area contributed by atoms with Gasteiger partial charge in [0.25, 0.3) is 0 Å². The summed E-state index contributed by atoms with van der Waals surface area (Å²) in [6.07, 6.45) is 8.57. The second-order valence-corrected chi connectivity index (χ2v) is 5.31. The first-order valence-electron chi connectivity index (χ1n) is 6.81. The molecular formula is C15H20FNO. The van der Waals surface area contributed by atoms with Crippen molar-refractivity contribution < 1.29 is 9.18 Å². The van der Waals surface area contributed by atoms with Crippen LogP contribution in [0, 0.1) is 17.7 Å². The molecule has 0 radical (unpaired) electrons. The number of carbonyl (C=O) groups excluding carboxylic acids is 1. The summed E-state index contributed by atoms with van der Waals surface area (Å²) in [5.74, 6) is 0.755. The summed E-state index contributed by atoms with van der Waals surface area (Å²) in [5.41, 5.74) is 0.838. The van der Waals surface area contributed by atoms with Crippen molar-refractivity contribution in [2.45, 2.75) is 45.4 Å². The smallest absolute Gasteiger partial charge is 0.141 e. The number of nitrogens with zero attached hydrogens (tertiary/aromatic N) is 1. The molecule has 2 rings (SSSR count). The van der Waals surface area contributed by atoms with Gasteiger partial charge in [-0.25, -0.2) is 4.39 Å². The van der Waals surface area contributed by atoms with E-state index in [9.17, 15) is 9.18 Å². The molecule has 0 spiro atoms. The van der Waals surface area contributed by atoms with Gasteiger partial charge >= 0.3 is 0 Å². The lowest BCUT2D eigenvalue weighted by molar-refractivity contribution is -0.125. The molecule has 2 unspecified atom stereocenters. The van der Waals surface area contributed by atoms with E-state index in [1.807, 2.05) is 0 Å². The highest BCUT2D eigenvalue weighted by Gasteiger charge is 2.28. The van der Waals surface area contributed by atoms with Crippen LogP contribution in [0.4, 0.5) is 4.39 Å². The summed E-state index contributed by atoms with van der Waals surface area (Å²) in [4.78, 5) is 15.8. The maximum Gasteiger partial charge on any atom is 0.141 e. The fraction of sp³-hybridized carbons (Fsp3) is 0.600. The Kier molecular flexibility index (Phi) is 4.45. The molecule has 2 atom stereocenters. The molecule has 2 nitrogen and oxygen atoms in total. The molecule has 0 aliphatic heterocycles. The lowest BCUT2D eigenvalue weighted by Gasteiger charge is -2.27. The van der Waals surface area contributed by atoms with Gasteiger partial charge in [-0.2, -0.15) is 0 Å². The number of aromatic nitrogens is 1. The second kappa shape index (κ2) is 6.07. The Morgan fingerprint density at radius 2 is 2.28 bits per heavy atom. The van der Waals surface area contributed by atoms with Gasteiger partial charge in [0.15, 0.2) is 0 Å². The Balaban J connectivity index is 2.00. The maximum atomic E-state index is 13.1. The minimum Gasteiger partial charge on any atom is -0.299 e. The molecule has 1 aliphatic rings. The van der Waals surface area contributed by atoms with Gasteiger partial charge in [0.05, 0.1) is 6.20 Å². The second-order valence-electron chi connectivity index (χ2n) is 5.31. The van der Waals surface area contributed by atoms with E-state index in [2.05, 4.69) is 11.9 Å². The molecule has 1 heterocycles. The van der Waals surface area contributed by atoms with Gasteiger partial charge < -0.3 is 0 Å². The van der Waals surface area contributed by atoms with Crippen LogP contribution in [0.2, 0.25) is 0 Å². The van der Waals surface area contributed by atoms with Gasteiger partial charge in [0, 0.05) is 18.5 Å². The van der Waals surface area contributed by atoms with E-state index in [4.69, 9.17) is 0 Å². The first-order valence-corrected chi connectivity index (χ1v) is 6.81. The van der Waals surface area contributed by atoms with Crippen LogP contribution in [-0.4, -0.2) is 10.8 Å². The van der Waals surface area contributed by atoms with E-state index in [-0.39, 0.29) is 11.7 Å². The molecule has 0 N–H and O–H groups in total. The number of hydrogen-bond acceptors (Lipinski definition) is 2. The Morgan fingerprint density at radius 3 is 3.00 bits per heavy atom. The predicted molar refractivity (Wildman–Crippen MR) is 68.6 cm³/mol. The molecule has 98 valence electrons. The van der Waals surface area contributed by atoms with Crippen LogP contribution in [0.25, 0.3) is 0 Å². The fourth-order valence-electron chi connectivity index (χ4n) is 2.92. The van der Waals surface area contributed by atoms with Crippen LogP contribution in [0.1, 0.15) is 44.6 Å². The van der Waals surface area contributed by atoms with Crippen molar-refractivity contribution in [1.82, 2.24) is 4.98 Å². The van der Waals surface area contributed by atoms with Gasteiger partial charge in [-0.3, -0.25) is 9.78 Å². The number of Topliss-reactive ketones (excluding diaryl/α,β-unsaturated/α-hetero) is 1. The molecule has 1 aliphatic carbocycles. The first kappa shape index (κ1) is 13.2. The molecule has 1 saturated carbocycles. The third kappa shape index (κ3) is 3.37. The van der Waals surface area contributed by atoms with E-state index < -0.39 is 0 Å². The summed E-state index contributed by atoms with van der Waals surface area (Å²) in [7, 11) is 0. The quantitative estimate of drug-likeness (QED) is 0.816. The third-order valence-corrected chi connectivity index (χ3v) is 3.81. The maximum absolute atomic E-state index is 13.1. The number of halogens is 1. The molecule has 3 heteroatoms. The fourth-order valence-corrected chi connectivity index (χ4v) is 2.92. The molecule has 1 fully saturated rings. The normalized spacial score (nSPS) is 24.2. The standard InChI is InChI=1S/C15H20FNO/c1-2-3-11-4-5-15(18)13(6-11)7-12-8-14(16)10-17-9-12/h8-11,13H,2-7H2,1H3. The molecule has 1 aromatic heterocycles. The van der Waals surface area contributed by atoms with Crippen molar-refractivity contribution in [3.8, 4) is 0 Å². The Morgan fingerprint density at radius 1 is 1.44 bits per heavy atom. The van der Waals surface area contributed by atoms with Crippen molar-refractivity contribution in [1.29, 1.82) is 0 Å². The SMILES string of the molecule is CCCC1CCC(=O)C(Cc2cncc(F)c2)C1. The van der Waals surface area contributed by atoms with E-state index in [0.717, 1.165) is 18.4 Å². The van der Waals surface area contributed by atoms with Crippen LogP contribution < -0.4 is 0 Å². The van der Waals surface area contributed by atoms with Gasteiger partial charge in [-0.15, -0.1) is 0 Å². The highest BCUT2D eigenvalue weighted by Crippen LogP contribution is 2.31. The summed E-state index contributed by atoms with van der Waals surface area (Å²) < 4.78 is 13.1. The van der Waals surface area contributed by atoms with Gasteiger partial charge in [0.1, 0.15) is 11.6 Å². The number of ketones is 1. The zero-order valence-corrected chi connectivity index (χ0v) is 10.9. The molecule has 0 aromatic carbocycles. The zero-order chi connectivity index (χ0) is 13.0. The predicted octanol–water partition coefficient (Wildman–Crippen LogP) is 3.55. The topological polar surface area (TPSA) is 30.0 Å². The van der Waals surface area contributed by atoms with Crippen molar-refractivity contribution in [2.24, 2.45) is 11.8 Å². The molecule has 18 heavy (non-hydrogen) atoms. The lowest BCUT2D eigenvalue weighted by Crippen LogP contribution is -2.26. The molecule has 1 aromatic rings. The van der Waals surface area contributed by atoms with Gasteiger partial charge in [-0.05, 0) is 36.8 Å². The summed E-state index contributed by atoms with van der Waals surface area (Å²) in [6, 6.07) is 1.49. The average molecular weight is 249 g/mol. The van der Waals surface area contributed by atoms with Crippen LogP contribution >= 0.6 is 0 Å². The van der Waals surface area contributed by atoms with Gasteiger partial charge in [-0.1, -0.05) is 19.8 Å². The molecular weight excluding hydrogens is 229 g/mol. The number of pyridine rings is 1. The molecule has 0 saturated heterocycles. The van der Waals surface area contributed by atoms with Crippen LogP contribution in [0.3, 0.4) is 0 Å². The van der Waals surface area contributed by atoms with Crippen molar-refractivity contribution in [3.63, 3.8) is 0 Å². The summed E-state index contributed by atoms with van der Waals surface area (Å²) in [6.45, 7) is 2.18. The van der Waals surface area contributed by atoms with Crippen LogP contribution in [-0.2, 0) is 11.2 Å². The minimum absolute atomic E-state index is 0.0684. The zero-order valence-electron chi connectivity index (χ0n) is 10.9. The molecule has 0 amide bonds. The molecule has 0 bridgehead atoms. The monoisotopic (exact) mass is 249 g/mol. The number of carbonyl (C=O) groups is 1. The average Bonchev–Trinajstić information content (AvgIpc) is 2.34. The Bertz CT molecular complexity index is 419. The number of hydrogen-bond donors (Lipinski definition) is 0. The van der Waals surface area contributed by atoms with Crippen LogP contribution in [0.5, 0.6) is 0 Å². The van der Waals surface area contributed by atoms with Crippen molar-refractivity contribution in [3.05, 3.63) is 29.8 Å². The third-order valence-electron chi connectivity index (χ3n) is 3.81. The number of rotatable bonds is 4. The summed E-state index contributed by atoms with van der Waals surface area (Å²) >= 11 is 0. The Labute approximate surface area is 108 Å². The van der Waals surface area contributed by atoms with E-state index >= 15 is 0 Å². The first-order chi connectivity index (χ1) is 8.69. The lowest BCUT2D eigenvalue weighted by atomic mass is 9.76. The van der Waals surface area contributed by atoms with Crippen LogP contribution in [0.15, 0.2) is 18.5 Å². The van der Waals surface area contributed by atoms with Crippen molar-refractivity contribution in [2.75, 3.05) is 0 Å². The highest BCUT2D eigenvalue weighted by atomic mass is 19.1. The largest absolute Gasteiger partial charge is 0.299 e. The van der Waals surface area contributed by atoms with E-state index in [1.54, 1.807) is 6.20 Å². The summed E-state index contributed by atoms with van der Waals surface area (Å²) in [5, 5.41) is 0. The Hall–Kier alpha value is -1.25. The minimum atomic E-state index is -0.319. The van der Waals surface area contributed by atoms with E-state index in [1.165, 1.54) is 25.1 Å². The van der Waals surface area contributed by atoms with Crippen molar-refractivity contribution >= 4 is 5.78 Å².